The van der Waals surface area contributed by atoms with Gasteiger partial charge >= 0.3 is 64.3 Å². The normalized spacial score (nSPS) is 13.1. The van der Waals surface area contributed by atoms with Crippen LogP contribution in [0.4, 0.5) is 30.6 Å². The Morgan fingerprint density at radius 2 is 1.31 bits per heavy atom. The molecule has 0 fully saturated rings. The molecule has 0 saturated heterocycles. The summed E-state index contributed by atoms with van der Waals surface area (Å²) in [5.74, 6) is -6.60. The van der Waals surface area contributed by atoms with E-state index in [1.165, 1.54) is 0 Å². The Hall–Kier alpha value is 0.701. The SMILES string of the molecule is N#C[B-](F)(F)C(F)(F)C(F)(F)F.[K+]. The molecule has 0 amide bonds. The smallest absolute Gasteiger partial charge is 0.461 e. The summed E-state index contributed by atoms with van der Waals surface area (Å²) in [7, 11) is 0. The van der Waals surface area contributed by atoms with Gasteiger partial charge in [-0.1, -0.05) is 5.97 Å². The van der Waals surface area contributed by atoms with Crippen LogP contribution in [0, 0.1) is 11.2 Å². The van der Waals surface area contributed by atoms with E-state index in [1.807, 2.05) is 0 Å². The molecule has 0 radical (unpaired) electrons. The van der Waals surface area contributed by atoms with Crippen LogP contribution in [0.25, 0.3) is 0 Å². The molecule has 0 unspecified atom stereocenters. The van der Waals surface area contributed by atoms with Crippen LogP contribution >= 0.6 is 0 Å². The predicted octanol–water partition coefficient (Wildman–Crippen LogP) is -0.829. The summed E-state index contributed by atoms with van der Waals surface area (Å²) in [4.78, 5) is 0. The summed E-state index contributed by atoms with van der Waals surface area (Å²) >= 11 is 0. The Balaban J connectivity index is 0. The molecule has 10 heteroatoms. The van der Waals surface area contributed by atoms with E-state index in [4.69, 9.17) is 5.26 Å². The molecule has 0 saturated carbocycles. The summed E-state index contributed by atoms with van der Waals surface area (Å²) in [6.07, 6.45) is -6.40. The molecule has 0 atom stereocenters. The van der Waals surface area contributed by atoms with Gasteiger partial charge in [-0.15, -0.1) is 0 Å². The quantitative estimate of drug-likeness (QED) is 0.428. The predicted molar refractivity (Wildman–Crippen MR) is 24.6 cm³/mol. The number of hydrogen-bond acceptors (Lipinski definition) is 1. The minimum absolute atomic E-state index is 0. The molecular formula is C3BF7KN. The molecule has 0 bridgehead atoms. The van der Waals surface area contributed by atoms with Crippen LogP contribution in [0.1, 0.15) is 0 Å². The van der Waals surface area contributed by atoms with Gasteiger partial charge < -0.3 is 8.63 Å². The molecule has 0 aromatic rings. The van der Waals surface area contributed by atoms with Gasteiger partial charge in [-0.3, -0.25) is 0 Å². The van der Waals surface area contributed by atoms with E-state index >= 15 is 0 Å². The van der Waals surface area contributed by atoms with E-state index in [0.29, 0.717) is 0 Å². The molecule has 70 valence electrons. The Labute approximate surface area is 111 Å². The first-order valence-corrected chi connectivity index (χ1v) is 2.43. The zero-order valence-electron chi connectivity index (χ0n) is 6.17. The molecule has 0 rings (SSSR count). The summed E-state index contributed by atoms with van der Waals surface area (Å²) in [5, 5.41) is 7.34. The van der Waals surface area contributed by atoms with Gasteiger partial charge in [-0.05, 0) is 0 Å². The van der Waals surface area contributed by atoms with Crippen molar-refractivity contribution in [2.75, 3.05) is 0 Å². The molecule has 0 aliphatic carbocycles. The molecule has 1 nitrogen and oxygen atoms in total. The topological polar surface area (TPSA) is 23.8 Å². The minimum atomic E-state index is -6.40. The summed E-state index contributed by atoms with van der Waals surface area (Å²) in [5.41, 5.74) is 0. The largest absolute Gasteiger partial charge is 1.00 e. The van der Waals surface area contributed by atoms with E-state index in [0.717, 1.165) is 0 Å². The van der Waals surface area contributed by atoms with Gasteiger partial charge in [0.2, 0.25) is 0 Å². The second-order valence-electron chi connectivity index (χ2n) is 1.91. The number of nitriles is 1. The van der Waals surface area contributed by atoms with Gasteiger partial charge in [0.1, 0.15) is 0 Å². The fourth-order valence-corrected chi connectivity index (χ4v) is 0.287. The first-order chi connectivity index (χ1) is 5.06. The van der Waals surface area contributed by atoms with E-state index in [9.17, 15) is 30.6 Å². The van der Waals surface area contributed by atoms with Crippen molar-refractivity contribution in [2.24, 2.45) is 0 Å². The van der Waals surface area contributed by atoms with Crippen molar-refractivity contribution in [1.82, 2.24) is 0 Å². The van der Waals surface area contributed by atoms with Crippen molar-refractivity contribution in [2.45, 2.75) is 12.0 Å². The first-order valence-electron chi connectivity index (χ1n) is 2.43. The zero-order chi connectivity index (χ0) is 10.2. The third-order valence-corrected chi connectivity index (χ3v) is 0.995. The fraction of sp³-hybridized carbons (Fsp3) is 0.667. The van der Waals surface area contributed by atoms with Crippen molar-refractivity contribution < 1.29 is 82.0 Å². The molecule has 0 N–H and O–H groups in total. The van der Waals surface area contributed by atoms with Crippen molar-refractivity contribution in [3.63, 3.8) is 0 Å². The monoisotopic (exact) mass is 233 g/mol. The summed E-state index contributed by atoms with van der Waals surface area (Å²) in [6, 6.07) is 0. The molecule has 0 aromatic carbocycles. The first kappa shape index (κ1) is 16.1. The van der Waals surface area contributed by atoms with Crippen molar-refractivity contribution in [3.05, 3.63) is 0 Å². The van der Waals surface area contributed by atoms with Crippen LogP contribution in [0.15, 0.2) is 0 Å². The Morgan fingerprint density at radius 3 is 1.38 bits per heavy atom. The molecule has 0 spiro atoms. The fourth-order valence-electron chi connectivity index (χ4n) is 0.287. The van der Waals surface area contributed by atoms with E-state index < -0.39 is 18.7 Å². The second-order valence-corrected chi connectivity index (χ2v) is 1.91. The van der Waals surface area contributed by atoms with Gasteiger partial charge in [0.25, 0.3) is 5.82 Å². The van der Waals surface area contributed by atoms with Crippen LogP contribution in [-0.2, 0) is 0 Å². The minimum Gasteiger partial charge on any atom is -0.461 e. The van der Waals surface area contributed by atoms with Crippen molar-refractivity contribution >= 4 is 6.70 Å². The molecule has 0 heterocycles. The van der Waals surface area contributed by atoms with E-state index in [2.05, 4.69) is 0 Å². The molecule has 0 aliphatic heterocycles. The maximum Gasteiger partial charge on any atom is 1.00 e. The number of rotatable bonds is 1. The van der Waals surface area contributed by atoms with Gasteiger partial charge in [-0.2, -0.15) is 13.2 Å². The second kappa shape index (κ2) is 4.48. The van der Waals surface area contributed by atoms with E-state index in [-0.39, 0.29) is 57.4 Å². The Kier molecular flexibility index (Phi) is 5.56. The van der Waals surface area contributed by atoms with Crippen molar-refractivity contribution in [3.8, 4) is 5.97 Å². The Bertz CT molecular complexity index is 217. The van der Waals surface area contributed by atoms with Gasteiger partial charge in [0, 0.05) is 0 Å². The summed E-state index contributed by atoms with van der Waals surface area (Å²) in [6.45, 7) is -6.39. The zero-order valence-corrected chi connectivity index (χ0v) is 9.29. The average molecular weight is 233 g/mol. The number of nitrogens with zero attached hydrogens (tertiary/aromatic N) is 1. The maximum atomic E-state index is 11.7. The van der Waals surface area contributed by atoms with Crippen LogP contribution in [0.5, 0.6) is 0 Å². The van der Waals surface area contributed by atoms with Crippen LogP contribution < -0.4 is 51.4 Å². The van der Waals surface area contributed by atoms with Gasteiger partial charge in [-0.25, -0.2) is 14.0 Å². The number of hydrogen-bond donors (Lipinski definition) is 0. The van der Waals surface area contributed by atoms with Crippen molar-refractivity contribution in [1.29, 1.82) is 5.26 Å². The van der Waals surface area contributed by atoms with E-state index in [1.54, 1.807) is 0 Å². The Morgan fingerprint density at radius 1 is 1.00 bits per heavy atom. The summed E-state index contributed by atoms with van der Waals surface area (Å²) < 4.78 is 80.0. The third kappa shape index (κ3) is 3.09. The molecule has 13 heavy (non-hydrogen) atoms. The third-order valence-electron chi connectivity index (χ3n) is 0.995. The van der Waals surface area contributed by atoms with Crippen LogP contribution in [0.3, 0.4) is 0 Å². The average Bonchev–Trinajstić information content (AvgIpc) is 1.85. The van der Waals surface area contributed by atoms with Crippen LogP contribution in [0.2, 0.25) is 0 Å². The maximum absolute atomic E-state index is 11.7. The van der Waals surface area contributed by atoms with Gasteiger partial charge in [0.15, 0.2) is 0 Å². The number of alkyl halides is 5. The molecule has 0 aromatic heterocycles. The van der Waals surface area contributed by atoms with Crippen LogP contribution in [-0.4, -0.2) is 18.7 Å². The standard InChI is InChI=1S/C3BF7N.K/c5-2(6,3(7,8)9)4(10,11)1-12;/q-1;+1. The molecule has 0 aliphatic rings. The van der Waals surface area contributed by atoms with Gasteiger partial charge in [0.05, 0.1) is 0 Å². The number of halogens is 7. The molecular weight excluding hydrogens is 233 g/mol.